The van der Waals surface area contributed by atoms with Gasteiger partial charge in [0.25, 0.3) is 0 Å². The third-order valence-corrected chi connectivity index (χ3v) is 3.97. The van der Waals surface area contributed by atoms with E-state index < -0.39 is 6.03 Å². The molecule has 3 amide bonds. The number of piperazine rings is 1. The lowest BCUT2D eigenvalue weighted by Crippen LogP contribution is -2.51. The maximum atomic E-state index is 11.9. The van der Waals surface area contributed by atoms with E-state index in [1.807, 2.05) is 18.2 Å². The number of nitrogens with zero attached hydrogens (tertiary/aromatic N) is 3. The molecule has 0 saturated carbocycles. The number of carbonyl (C=O) groups is 2. The van der Waals surface area contributed by atoms with Crippen LogP contribution in [0.15, 0.2) is 24.4 Å². The van der Waals surface area contributed by atoms with Crippen molar-refractivity contribution >= 4 is 17.8 Å². The second kappa shape index (κ2) is 9.22. The average Bonchev–Trinajstić information content (AvgIpc) is 2.56. The largest absolute Gasteiger partial charge is 0.354 e. The number of urea groups is 1. The smallest absolute Gasteiger partial charge is 0.321 e. The highest BCUT2D eigenvalue weighted by Crippen LogP contribution is 2.12. The Morgan fingerprint density at radius 3 is 2.58 bits per heavy atom. The fourth-order valence-electron chi connectivity index (χ4n) is 2.56. The molecule has 2 rings (SSSR count). The Balaban J connectivity index is 1.66. The molecule has 0 bridgehead atoms. The predicted octanol–water partition coefficient (Wildman–Crippen LogP) is 1.08. The molecule has 0 atom stereocenters. The van der Waals surface area contributed by atoms with Gasteiger partial charge in [-0.25, -0.2) is 9.78 Å². The SMILES string of the molecule is CC(C)CCNC(=O)NC(=O)CN1CCN(c2ccccn2)CC1. The Labute approximate surface area is 143 Å². The Kier molecular flexibility index (Phi) is 6.99. The summed E-state index contributed by atoms with van der Waals surface area (Å²) in [4.78, 5) is 32.2. The maximum absolute atomic E-state index is 11.9. The number of hydrogen-bond donors (Lipinski definition) is 2. The van der Waals surface area contributed by atoms with Crippen LogP contribution in [0.4, 0.5) is 10.6 Å². The quantitative estimate of drug-likeness (QED) is 0.814. The lowest BCUT2D eigenvalue weighted by atomic mass is 10.1. The van der Waals surface area contributed by atoms with E-state index >= 15 is 0 Å². The molecular formula is C17H27N5O2. The minimum Gasteiger partial charge on any atom is -0.354 e. The van der Waals surface area contributed by atoms with Gasteiger partial charge in [-0.05, 0) is 24.5 Å². The average molecular weight is 333 g/mol. The zero-order valence-corrected chi connectivity index (χ0v) is 14.5. The van der Waals surface area contributed by atoms with Crippen LogP contribution >= 0.6 is 0 Å². The van der Waals surface area contributed by atoms with Gasteiger partial charge in [0.05, 0.1) is 6.54 Å². The van der Waals surface area contributed by atoms with E-state index in [4.69, 9.17) is 0 Å². The Hall–Kier alpha value is -2.15. The highest BCUT2D eigenvalue weighted by atomic mass is 16.2. The number of rotatable bonds is 6. The van der Waals surface area contributed by atoms with Gasteiger partial charge in [0.1, 0.15) is 5.82 Å². The number of pyridine rings is 1. The van der Waals surface area contributed by atoms with Crippen LogP contribution in [0, 0.1) is 5.92 Å². The van der Waals surface area contributed by atoms with Crippen molar-refractivity contribution in [3.05, 3.63) is 24.4 Å². The zero-order chi connectivity index (χ0) is 17.4. The number of anilines is 1. The number of carbonyl (C=O) groups excluding carboxylic acids is 2. The normalized spacial score (nSPS) is 15.4. The van der Waals surface area contributed by atoms with Gasteiger partial charge in [-0.15, -0.1) is 0 Å². The van der Waals surface area contributed by atoms with Crippen LogP contribution in [0.25, 0.3) is 0 Å². The topological polar surface area (TPSA) is 77.6 Å². The summed E-state index contributed by atoms with van der Waals surface area (Å²) < 4.78 is 0. The van der Waals surface area contributed by atoms with Gasteiger partial charge >= 0.3 is 6.03 Å². The van der Waals surface area contributed by atoms with Gasteiger partial charge in [-0.2, -0.15) is 0 Å². The molecule has 1 aromatic heterocycles. The number of hydrogen-bond acceptors (Lipinski definition) is 5. The van der Waals surface area contributed by atoms with Gasteiger partial charge in [0, 0.05) is 38.9 Å². The van der Waals surface area contributed by atoms with E-state index in [0.29, 0.717) is 12.5 Å². The molecule has 7 heteroatoms. The van der Waals surface area contributed by atoms with E-state index in [1.54, 1.807) is 6.20 Å². The minimum atomic E-state index is -0.409. The Bertz CT molecular complexity index is 527. The van der Waals surface area contributed by atoms with E-state index in [9.17, 15) is 9.59 Å². The third-order valence-electron chi connectivity index (χ3n) is 3.97. The van der Waals surface area contributed by atoms with Crippen molar-refractivity contribution in [1.29, 1.82) is 0 Å². The van der Waals surface area contributed by atoms with Crippen molar-refractivity contribution in [2.45, 2.75) is 20.3 Å². The van der Waals surface area contributed by atoms with Crippen LogP contribution in [0.5, 0.6) is 0 Å². The Morgan fingerprint density at radius 2 is 1.96 bits per heavy atom. The third kappa shape index (κ3) is 6.16. The molecule has 1 aromatic rings. The van der Waals surface area contributed by atoms with Gasteiger partial charge in [-0.1, -0.05) is 19.9 Å². The molecule has 2 heterocycles. The molecule has 0 unspecified atom stereocenters. The summed E-state index contributed by atoms with van der Waals surface area (Å²) in [5, 5.41) is 5.09. The first kappa shape index (κ1) is 18.2. The number of aromatic nitrogens is 1. The molecule has 0 aliphatic carbocycles. The predicted molar refractivity (Wildman–Crippen MR) is 93.9 cm³/mol. The number of imide groups is 1. The minimum absolute atomic E-state index is 0.244. The molecule has 0 aromatic carbocycles. The molecular weight excluding hydrogens is 306 g/mol. The molecule has 0 spiro atoms. The van der Waals surface area contributed by atoms with Gasteiger partial charge in [-0.3, -0.25) is 15.0 Å². The maximum Gasteiger partial charge on any atom is 0.321 e. The van der Waals surface area contributed by atoms with Crippen molar-refractivity contribution < 1.29 is 9.59 Å². The fourth-order valence-corrected chi connectivity index (χ4v) is 2.56. The lowest BCUT2D eigenvalue weighted by molar-refractivity contribution is -0.121. The molecule has 132 valence electrons. The van der Waals surface area contributed by atoms with Crippen molar-refractivity contribution in [1.82, 2.24) is 20.5 Å². The van der Waals surface area contributed by atoms with Crippen LogP contribution in [0.2, 0.25) is 0 Å². The van der Waals surface area contributed by atoms with Crippen LogP contribution in [0.1, 0.15) is 20.3 Å². The van der Waals surface area contributed by atoms with Crippen LogP contribution in [-0.4, -0.2) is 61.1 Å². The summed E-state index contributed by atoms with van der Waals surface area (Å²) >= 11 is 0. The Morgan fingerprint density at radius 1 is 1.21 bits per heavy atom. The first-order valence-electron chi connectivity index (χ1n) is 8.50. The van der Waals surface area contributed by atoms with Crippen LogP contribution in [0.3, 0.4) is 0 Å². The molecule has 2 N–H and O–H groups in total. The summed E-state index contributed by atoms with van der Waals surface area (Å²) in [5.41, 5.74) is 0. The monoisotopic (exact) mass is 333 g/mol. The fraction of sp³-hybridized carbons (Fsp3) is 0.588. The summed E-state index contributed by atoms with van der Waals surface area (Å²) in [6, 6.07) is 5.45. The van der Waals surface area contributed by atoms with E-state index in [1.165, 1.54) is 0 Å². The van der Waals surface area contributed by atoms with Gasteiger partial charge in [0.15, 0.2) is 0 Å². The number of amides is 3. The summed E-state index contributed by atoms with van der Waals surface area (Å²) in [6.45, 7) is 8.21. The highest BCUT2D eigenvalue weighted by molar-refractivity contribution is 5.95. The molecule has 1 aliphatic rings. The zero-order valence-electron chi connectivity index (χ0n) is 14.5. The van der Waals surface area contributed by atoms with Crippen molar-refractivity contribution in [3.63, 3.8) is 0 Å². The van der Waals surface area contributed by atoms with Crippen LogP contribution in [-0.2, 0) is 4.79 Å². The van der Waals surface area contributed by atoms with Crippen LogP contribution < -0.4 is 15.5 Å². The highest BCUT2D eigenvalue weighted by Gasteiger charge is 2.20. The van der Waals surface area contributed by atoms with Crippen molar-refractivity contribution in [2.75, 3.05) is 44.2 Å². The van der Waals surface area contributed by atoms with Crippen molar-refractivity contribution in [2.24, 2.45) is 5.92 Å². The van der Waals surface area contributed by atoms with Gasteiger partial charge in [0.2, 0.25) is 5.91 Å². The second-order valence-electron chi connectivity index (χ2n) is 6.44. The first-order valence-corrected chi connectivity index (χ1v) is 8.50. The molecule has 7 nitrogen and oxygen atoms in total. The van der Waals surface area contributed by atoms with E-state index in [-0.39, 0.29) is 12.5 Å². The molecule has 0 radical (unpaired) electrons. The lowest BCUT2D eigenvalue weighted by Gasteiger charge is -2.34. The number of nitrogens with one attached hydrogen (secondary N) is 2. The summed E-state index contributed by atoms with van der Waals surface area (Å²) in [6.07, 6.45) is 2.68. The standard InChI is InChI=1S/C17H27N5O2/c1-14(2)6-8-19-17(24)20-16(23)13-21-9-11-22(12-10-21)15-5-3-4-7-18-15/h3-5,7,14H,6,8-13H2,1-2H3,(H2,19,20,23,24). The molecule has 1 fully saturated rings. The van der Waals surface area contributed by atoms with Crippen molar-refractivity contribution in [3.8, 4) is 0 Å². The second-order valence-corrected chi connectivity index (χ2v) is 6.44. The molecule has 1 saturated heterocycles. The molecule has 1 aliphatic heterocycles. The van der Waals surface area contributed by atoms with E-state index in [0.717, 1.165) is 38.4 Å². The first-order chi connectivity index (χ1) is 11.5. The summed E-state index contributed by atoms with van der Waals surface area (Å²) in [7, 11) is 0. The molecule has 24 heavy (non-hydrogen) atoms. The van der Waals surface area contributed by atoms with Gasteiger partial charge < -0.3 is 10.2 Å². The van der Waals surface area contributed by atoms with E-state index in [2.05, 4.69) is 39.3 Å². The summed E-state index contributed by atoms with van der Waals surface area (Å²) in [5.74, 6) is 1.23.